The summed E-state index contributed by atoms with van der Waals surface area (Å²) in [6.07, 6.45) is 0. The molecular formula is C110H78GeN9PSi. The third-order valence-electron chi connectivity index (χ3n) is 26.2. The average molecular weight is 1660 g/mol. The molecular weight excluding hydrogens is 1580 g/mol. The fraction of sp³-hybridized carbons (Fsp3) is 0.0182. The third kappa shape index (κ3) is 9.96. The number of anilines is 27. The van der Waals surface area contributed by atoms with Crippen molar-refractivity contribution < 1.29 is 0 Å². The fourth-order valence-corrected chi connectivity index (χ4v) is 40.3. The summed E-state index contributed by atoms with van der Waals surface area (Å²) in [5, 5.41) is 8.74. The van der Waals surface area contributed by atoms with Crippen molar-refractivity contribution >= 4 is 227 Å². The van der Waals surface area contributed by atoms with Crippen LogP contribution in [-0.2, 0) is 0 Å². The van der Waals surface area contributed by atoms with Crippen molar-refractivity contribution in [3.63, 3.8) is 0 Å². The standard InChI is InChI=1S/C37H27GeN3.C37H27N3Si.C36H24N3P/c1-38-35-29-20-11-22-31(35)40(27-16-7-3-8-17-27)33-24-13-25-34(37(33)38)41(28-18-9-4-10-19-28)32-23-12-21-30(36(32)38)39(29)26-14-5-2-6-15-26;1-41-35-29-20-11-22-31(35)39(27-16-7-3-8-17-27)33-24-13-25-34(37(33)41)40(28-18-9-4-10-19-28)32-23-12-21-30(36(32)41)38(29)26-14-5-2-6-15-26;1-4-13-25(14-5-1)37-28-19-10-21-30-34(28)40-35-29(37)20-11-22-31(35)39(27-17-8-3-9-18-27)33-24-12-23-32(36(33)40)38(30)26-15-6-2-7-16-26/h2*2-25H,1H3;1-24H. The molecule has 0 aromatic heterocycles. The largest absolute Gasteiger partial charge is 0.309 e. The topological polar surface area (TPSA) is 29.2 Å². The van der Waals surface area contributed by atoms with Gasteiger partial charge in [0.05, 0.1) is 34.1 Å². The molecule has 122 heavy (non-hydrogen) atoms. The molecule has 9 aliphatic heterocycles. The Morgan fingerprint density at radius 2 is 0.295 bits per heavy atom. The van der Waals surface area contributed by atoms with Gasteiger partial charge in [-0.15, -0.1) is 0 Å². The van der Waals surface area contributed by atoms with Gasteiger partial charge in [-0.05, 0) is 161 Å². The summed E-state index contributed by atoms with van der Waals surface area (Å²) in [7, 11) is -3.24. The minimum atomic E-state index is -3.20. The van der Waals surface area contributed by atoms with Crippen molar-refractivity contribution in [1.82, 2.24) is 0 Å². The van der Waals surface area contributed by atoms with E-state index in [4.69, 9.17) is 0 Å². The quantitative estimate of drug-likeness (QED) is 0.104. The Kier molecular flexibility index (Phi) is 15.8. The summed E-state index contributed by atoms with van der Waals surface area (Å²) in [6.45, 7) is 2.59. The Hall–Kier alpha value is -14.7. The molecule has 0 radical (unpaired) electrons. The number of benzene rings is 18. The molecule has 27 rings (SSSR count). The maximum absolute atomic E-state index is 3.20. The number of para-hydroxylation sites is 9. The molecule has 0 spiro atoms. The Balaban J connectivity index is 0.000000101. The third-order valence-corrected chi connectivity index (χ3v) is 43.0. The number of nitrogens with zero attached hydrogens (tertiary/aromatic N) is 9. The summed E-state index contributed by atoms with van der Waals surface area (Å²) in [4.78, 5) is 22.4. The van der Waals surface area contributed by atoms with Crippen LogP contribution in [0.1, 0.15) is 0 Å². The van der Waals surface area contributed by atoms with Gasteiger partial charge in [0.25, 0.3) is 0 Å². The van der Waals surface area contributed by atoms with E-state index in [1.54, 1.807) is 0 Å². The Bertz CT molecular complexity index is 6070. The van der Waals surface area contributed by atoms with Gasteiger partial charge < -0.3 is 29.4 Å². The molecule has 0 fully saturated rings. The van der Waals surface area contributed by atoms with Crippen LogP contribution in [0.5, 0.6) is 0 Å². The van der Waals surface area contributed by atoms with Crippen molar-refractivity contribution in [2.24, 2.45) is 0 Å². The van der Waals surface area contributed by atoms with Gasteiger partial charge in [0.15, 0.2) is 8.07 Å². The molecule has 0 amide bonds. The first-order valence-corrected chi connectivity index (χ1v) is 51.2. The van der Waals surface area contributed by atoms with E-state index in [0.717, 1.165) is 0 Å². The maximum Gasteiger partial charge on any atom is 0.0566 e. The van der Waals surface area contributed by atoms with Crippen LogP contribution in [0.4, 0.5) is 154 Å². The summed E-state index contributed by atoms with van der Waals surface area (Å²) < 4.78 is 4.61. The van der Waals surface area contributed by atoms with Gasteiger partial charge >= 0.3 is 244 Å². The van der Waals surface area contributed by atoms with Crippen LogP contribution in [0, 0.1) is 0 Å². The first kappa shape index (κ1) is 70.4. The van der Waals surface area contributed by atoms with Crippen molar-refractivity contribution in [1.29, 1.82) is 0 Å². The smallest absolute Gasteiger partial charge is 0.0566 e. The van der Waals surface area contributed by atoms with Crippen LogP contribution >= 0.6 is 7.92 Å². The summed E-state index contributed by atoms with van der Waals surface area (Å²) >= 11 is -3.20. The van der Waals surface area contributed by atoms with Gasteiger partial charge in [-0.25, -0.2) is 0 Å². The summed E-state index contributed by atoms with van der Waals surface area (Å²) in [6, 6.07) is 160. The van der Waals surface area contributed by atoms with Gasteiger partial charge in [0, 0.05) is 92.1 Å². The first-order valence-electron chi connectivity index (χ1n) is 42.1. The van der Waals surface area contributed by atoms with Gasteiger partial charge in [0.2, 0.25) is 0 Å². The second-order valence-electron chi connectivity index (χ2n) is 32.6. The number of rotatable bonds is 9. The second kappa shape index (κ2) is 27.5. The van der Waals surface area contributed by atoms with Crippen LogP contribution in [0.3, 0.4) is 0 Å². The fourth-order valence-electron chi connectivity index (χ4n) is 21.8. The number of hydrogen-bond acceptors (Lipinski definition) is 9. The van der Waals surface area contributed by atoms with Gasteiger partial charge in [-0.3, -0.25) is 0 Å². The van der Waals surface area contributed by atoms with Crippen molar-refractivity contribution in [2.45, 2.75) is 12.3 Å². The van der Waals surface area contributed by atoms with Crippen LogP contribution in [-0.4, -0.2) is 21.3 Å². The molecule has 9 aliphatic rings. The Morgan fingerprint density at radius 1 is 0.164 bits per heavy atom. The second-order valence-corrected chi connectivity index (χ2v) is 46.2. The minimum absolute atomic E-state index is 0.780. The van der Waals surface area contributed by atoms with E-state index < -0.39 is 29.3 Å². The Morgan fingerprint density at radius 3 is 0.459 bits per heavy atom. The van der Waals surface area contributed by atoms with E-state index >= 15 is 0 Å². The molecule has 0 atom stereocenters. The minimum Gasteiger partial charge on any atom is -0.309 e. The molecule has 0 aliphatic carbocycles. The predicted molar refractivity (Wildman–Crippen MR) is 519 cm³/mol. The van der Waals surface area contributed by atoms with Crippen LogP contribution in [0.15, 0.2) is 437 Å². The molecule has 9 nitrogen and oxygen atoms in total. The van der Waals surface area contributed by atoms with E-state index in [1.807, 2.05) is 0 Å². The monoisotopic (exact) mass is 1660 g/mol. The van der Waals surface area contributed by atoms with E-state index in [0.29, 0.717) is 0 Å². The zero-order valence-electron chi connectivity index (χ0n) is 67.0. The van der Waals surface area contributed by atoms with Crippen molar-refractivity contribution in [3.8, 4) is 0 Å². The molecule has 12 heteroatoms. The number of hydrogen-bond donors (Lipinski definition) is 0. The zero-order chi connectivity index (χ0) is 80.5. The van der Waals surface area contributed by atoms with Crippen molar-refractivity contribution in [2.75, 3.05) is 44.1 Å². The zero-order valence-corrected chi connectivity index (χ0v) is 71.0. The maximum atomic E-state index is 2.64. The molecule has 0 saturated carbocycles. The van der Waals surface area contributed by atoms with Gasteiger partial charge in [-0.1, -0.05) is 152 Å². The predicted octanol–water partition coefficient (Wildman–Crippen LogP) is 25.1. The molecule has 0 bridgehead atoms. The van der Waals surface area contributed by atoms with E-state index in [1.165, 1.54) is 198 Å². The SMILES string of the molecule is C[Si]12c3c4cccc3N(c3ccccc3)c3cccc(c31)N(c1ccccc1)c1cccc(c12)N4c1ccccc1.[CH3][Ge]12[c]3c4cccc3N(c3ccccc3)c3cccc([c]31)N(c1ccccc1)c1cccc([c]12)N4c1ccccc1.c1ccc(N2c3cccc4c3P3c5c2cccc5N(c2ccccc2)c2cccc(c23)N4c2ccccc2)cc1. The van der Waals surface area contributed by atoms with Gasteiger partial charge in [-0.2, -0.15) is 0 Å². The van der Waals surface area contributed by atoms with Crippen molar-refractivity contribution in [3.05, 3.63) is 437 Å². The molecule has 18 aromatic rings. The van der Waals surface area contributed by atoms with E-state index in [-0.39, 0.29) is 0 Å². The summed E-state index contributed by atoms with van der Waals surface area (Å²) in [5.41, 5.74) is 34.0. The normalized spacial score (nSPS) is 14.8. The molecule has 18 aromatic carbocycles. The van der Waals surface area contributed by atoms with E-state index in [9.17, 15) is 0 Å². The van der Waals surface area contributed by atoms with Crippen LogP contribution in [0.25, 0.3) is 0 Å². The molecule has 0 N–H and O–H groups in total. The molecule has 9 heterocycles. The average Bonchev–Trinajstić information content (AvgIpc) is 0.662. The molecule has 576 valence electrons. The first-order chi connectivity index (χ1) is 60.4. The summed E-state index contributed by atoms with van der Waals surface area (Å²) in [5.74, 6) is 2.64. The van der Waals surface area contributed by atoms with Crippen LogP contribution < -0.4 is 88.8 Å². The molecule has 0 unspecified atom stereocenters. The van der Waals surface area contributed by atoms with E-state index in [2.05, 4.69) is 493 Å². The van der Waals surface area contributed by atoms with Crippen LogP contribution in [0.2, 0.25) is 12.3 Å². The molecule has 0 saturated heterocycles. The van der Waals surface area contributed by atoms with Gasteiger partial charge in [0.1, 0.15) is 0 Å². The Labute approximate surface area is 715 Å².